The standard InChI is InChI=1S/C58H35N5S/c1-3-17-36(18-4-1)55-59-56(37-19-5-2-6-20-37)61-57(60-55)38-21-15-22-39(33-38)62-48-29-11-8-24-41(48)43-34-47-53(35-51(43)62)64-52-32-14-10-27-45(52)58(47)44-26-9-13-31-50(44)63-49-30-12-7-23-40(49)42-25-16-28-46(58)54(42)63/h1-35H. The van der Waals surface area contributed by atoms with Gasteiger partial charge in [0.15, 0.2) is 17.5 Å². The molecule has 2 aliphatic heterocycles. The highest BCUT2D eigenvalue weighted by atomic mass is 32.2. The van der Waals surface area contributed by atoms with E-state index in [1.54, 1.807) is 0 Å². The van der Waals surface area contributed by atoms with E-state index in [0.29, 0.717) is 17.5 Å². The van der Waals surface area contributed by atoms with Crippen LogP contribution in [0.15, 0.2) is 222 Å². The quantitative estimate of drug-likeness (QED) is 0.177. The molecule has 14 rings (SSSR count). The van der Waals surface area contributed by atoms with Crippen LogP contribution in [0.5, 0.6) is 0 Å². The van der Waals surface area contributed by atoms with Crippen molar-refractivity contribution >= 4 is 55.4 Å². The maximum absolute atomic E-state index is 5.10. The van der Waals surface area contributed by atoms with E-state index >= 15 is 0 Å². The molecule has 0 saturated heterocycles. The SMILES string of the molecule is c1ccc(-c2nc(-c3ccccc3)nc(-c3cccc(-n4c5ccccc5c5cc6c(cc54)Sc4ccccc4C64c5ccccc5-n5c6ccccc6c6cccc4c65)c3)n2)cc1. The summed E-state index contributed by atoms with van der Waals surface area (Å²) in [4.78, 5) is 17.7. The Bertz CT molecular complexity index is 3830. The third-order valence-electron chi connectivity index (χ3n) is 13.4. The molecule has 0 fully saturated rings. The lowest BCUT2D eigenvalue weighted by molar-refractivity contribution is 0.691. The minimum absolute atomic E-state index is 0.569. The summed E-state index contributed by atoms with van der Waals surface area (Å²) in [7, 11) is 0. The summed E-state index contributed by atoms with van der Waals surface area (Å²) in [6.45, 7) is 0. The first-order valence-electron chi connectivity index (χ1n) is 21.7. The van der Waals surface area contributed by atoms with Gasteiger partial charge in [-0.25, -0.2) is 15.0 Å². The number of benzene rings is 9. The third-order valence-corrected chi connectivity index (χ3v) is 14.5. The van der Waals surface area contributed by atoms with Crippen molar-refractivity contribution in [1.29, 1.82) is 0 Å². The average molecular weight is 834 g/mol. The van der Waals surface area contributed by atoms with Crippen LogP contribution in [0.4, 0.5) is 0 Å². The number of hydrogen-bond donors (Lipinski definition) is 0. The van der Waals surface area contributed by atoms with Gasteiger partial charge in [0.1, 0.15) is 0 Å². The Morgan fingerprint density at radius 2 is 0.891 bits per heavy atom. The van der Waals surface area contributed by atoms with Gasteiger partial charge in [0, 0.05) is 53.7 Å². The predicted octanol–water partition coefficient (Wildman–Crippen LogP) is 14.2. The fourth-order valence-corrected chi connectivity index (χ4v) is 12.0. The lowest BCUT2D eigenvalue weighted by atomic mass is 9.62. The zero-order valence-corrected chi connectivity index (χ0v) is 35.2. The van der Waals surface area contributed by atoms with Crippen LogP contribution >= 0.6 is 11.8 Å². The predicted molar refractivity (Wildman–Crippen MR) is 261 cm³/mol. The van der Waals surface area contributed by atoms with Crippen LogP contribution in [-0.4, -0.2) is 24.1 Å². The number of rotatable bonds is 4. The van der Waals surface area contributed by atoms with E-state index in [1.807, 2.05) is 48.2 Å². The van der Waals surface area contributed by atoms with Gasteiger partial charge in [-0.2, -0.15) is 0 Å². The van der Waals surface area contributed by atoms with Crippen molar-refractivity contribution in [2.45, 2.75) is 15.2 Å². The Morgan fingerprint density at radius 3 is 1.64 bits per heavy atom. The highest BCUT2D eigenvalue weighted by molar-refractivity contribution is 7.99. The molecule has 0 aliphatic carbocycles. The average Bonchev–Trinajstić information content (AvgIpc) is 3.88. The van der Waals surface area contributed by atoms with Crippen LogP contribution in [0.2, 0.25) is 0 Å². The first kappa shape index (κ1) is 35.5. The highest BCUT2D eigenvalue weighted by Crippen LogP contribution is 2.61. The van der Waals surface area contributed by atoms with Gasteiger partial charge in [0.2, 0.25) is 0 Å². The molecule has 298 valence electrons. The van der Waals surface area contributed by atoms with Crippen molar-refractivity contribution in [3.05, 3.63) is 235 Å². The molecule has 0 amide bonds. The van der Waals surface area contributed by atoms with Crippen LogP contribution in [0.25, 0.3) is 89.2 Å². The number of fused-ring (bicyclic) bond motifs is 14. The molecule has 9 aromatic carbocycles. The molecule has 6 heteroatoms. The number of nitrogens with zero attached hydrogens (tertiary/aromatic N) is 5. The van der Waals surface area contributed by atoms with Crippen LogP contribution in [-0.2, 0) is 5.41 Å². The molecular formula is C58H35N5S. The van der Waals surface area contributed by atoms with Crippen molar-refractivity contribution in [2.24, 2.45) is 0 Å². The van der Waals surface area contributed by atoms with E-state index in [2.05, 4.69) is 185 Å². The summed E-state index contributed by atoms with van der Waals surface area (Å²) in [6, 6.07) is 76.8. The van der Waals surface area contributed by atoms with Gasteiger partial charge >= 0.3 is 0 Å². The number of aromatic nitrogens is 5. The van der Waals surface area contributed by atoms with E-state index in [9.17, 15) is 0 Å². The van der Waals surface area contributed by atoms with Gasteiger partial charge in [0.25, 0.3) is 0 Å². The maximum atomic E-state index is 5.10. The van der Waals surface area contributed by atoms with Crippen molar-refractivity contribution in [3.63, 3.8) is 0 Å². The first-order chi connectivity index (χ1) is 31.7. The van der Waals surface area contributed by atoms with Crippen LogP contribution in [0.1, 0.15) is 22.3 Å². The minimum atomic E-state index is -0.569. The summed E-state index contributed by atoms with van der Waals surface area (Å²) in [5.74, 6) is 1.92. The fourth-order valence-electron chi connectivity index (χ4n) is 10.8. The van der Waals surface area contributed by atoms with Crippen molar-refractivity contribution < 1.29 is 0 Å². The topological polar surface area (TPSA) is 48.5 Å². The second kappa shape index (κ2) is 13.5. The summed E-state index contributed by atoms with van der Waals surface area (Å²) >= 11 is 1.88. The molecule has 1 spiro atoms. The fraction of sp³-hybridized carbons (Fsp3) is 0.0172. The van der Waals surface area contributed by atoms with Crippen LogP contribution in [0, 0.1) is 0 Å². The normalized spacial score (nSPS) is 14.9. The van der Waals surface area contributed by atoms with Gasteiger partial charge in [-0.15, -0.1) is 0 Å². The number of para-hydroxylation sites is 4. The Balaban J connectivity index is 1.03. The van der Waals surface area contributed by atoms with Crippen molar-refractivity contribution in [1.82, 2.24) is 24.1 Å². The van der Waals surface area contributed by atoms with Gasteiger partial charge in [-0.05, 0) is 70.8 Å². The third kappa shape index (κ3) is 4.88. The summed E-state index contributed by atoms with van der Waals surface area (Å²) in [5, 5.41) is 4.98. The van der Waals surface area contributed by atoms with Gasteiger partial charge in [-0.3, -0.25) is 0 Å². The minimum Gasteiger partial charge on any atom is -0.309 e. The van der Waals surface area contributed by atoms with E-state index in [-0.39, 0.29) is 0 Å². The van der Waals surface area contributed by atoms with E-state index in [4.69, 9.17) is 15.0 Å². The molecule has 5 nitrogen and oxygen atoms in total. The second-order valence-electron chi connectivity index (χ2n) is 16.7. The zero-order chi connectivity index (χ0) is 41.9. The van der Waals surface area contributed by atoms with Gasteiger partial charge < -0.3 is 9.13 Å². The molecule has 5 heterocycles. The van der Waals surface area contributed by atoms with Gasteiger partial charge in [-0.1, -0.05) is 176 Å². The van der Waals surface area contributed by atoms with Crippen LogP contribution in [0.3, 0.4) is 0 Å². The molecule has 0 N–H and O–H groups in total. The van der Waals surface area contributed by atoms with E-state index in [1.165, 1.54) is 70.3 Å². The Morgan fingerprint density at radius 1 is 0.344 bits per heavy atom. The highest BCUT2D eigenvalue weighted by Gasteiger charge is 2.49. The molecule has 0 radical (unpaired) electrons. The van der Waals surface area contributed by atoms with E-state index < -0.39 is 5.41 Å². The monoisotopic (exact) mass is 833 g/mol. The molecule has 1 atom stereocenters. The maximum Gasteiger partial charge on any atom is 0.164 e. The first-order valence-corrected chi connectivity index (χ1v) is 22.5. The zero-order valence-electron chi connectivity index (χ0n) is 34.4. The Kier molecular flexibility index (Phi) is 7.48. The molecule has 2 aliphatic rings. The summed E-state index contributed by atoms with van der Waals surface area (Å²) in [5.41, 5.74) is 14.6. The molecule has 64 heavy (non-hydrogen) atoms. The molecule has 3 aromatic heterocycles. The summed E-state index contributed by atoms with van der Waals surface area (Å²) < 4.78 is 4.94. The number of hydrogen-bond acceptors (Lipinski definition) is 4. The Labute approximate surface area is 373 Å². The lowest BCUT2D eigenvalue weighted by Gasteiger charge is -2.45. The summed E-state index contributed by atoms with van der Waals surface area (Å²) in [6.07, 6.45) is 0. The molecule has 1 unspecified atom stereocenters. The van der Waals surface area contributed by atoms with Crippen LogP contribution < -0.4 is 0 Å². The van der Waals surface area contributed by atoms with Gasteiger partial charge in [0.05, 0.1) is 33.2 Å². The Hall–Kier alpha value is -8.06. The molecular weight excluding hydrogens is 799 g/mol. The van der Waals surface area contributed by atoms with Crippen molar-refractivity contribution in [3.8, 4) is 45.5 Å². The molecule has 12 aromatic rings. The molecule has 0 bridgehead atoms. The smallest absolute Gasteiger partial charge is 0.164 e. The van der Waals surface area contributed by atoms with E-state index in [0.717, 1.165) is 33.4 Å². The largest absolute Gasteiger partial charge is 0.309 e. The van der Waals surface area contributed by atoms with Crippen molar-refractivity contribution in [2.75, 3.05) is 0 Å². The molecule has 0 saturated carbocycles. The lowest BCUT2D eigenvalue weighted by Crippen LogP contribution is -2.37. The second-order valence-corrected chi connectivity index (χ2v) is 17.8.